The van der Waals surface area contributed by atoms with Crippen molar-refractivity contribution >= 4 is 11.5 Å². The molecule has 216 valence electrons. The molecule has 1 aromatic carbocycles. The molecule has 41 heavy (non-hydrogen) atoms. The highest BCUT2D eigenvalue weighted by Gasteiger charge is 2.76. The lowest BCUT2D eigenvalue weighted by molar-refractivity contribution is -0.0856. The van der Waals surface area contributed by atoms with Crippen LogP contribution in [0.15, 0.2) is 12.1 Å². The fraction of sp³-hybridized carbons (Fsp3) is 0.645. The van der Waals surface area contributed by atoms with Crippen LogP contribution in [-0.4, -0.2) is 58.7 Å². The molecule has 2 aromatic rings. The fourth-order valence-corrected chi connectivity index (χ4v) is 8.80. The maximum Gasteiger partial charge on any atom is 0.258 e. The van der Waals surface area contributed by atoms with E-state index in [0.29, 0.717) is 48.7 Å². The number of hydrogen-bond acceptors (Lipinski definition) is 7. The van der Waals surface area contributed by atoms with Gasteiger partial charge in [0, 0.05) is 61.2 Å². The molecule has 4 aliphatic heterocycles. The number of hydrogen-bond donors (Lipinski definition) is 1. The molecule has 3 atom stereocenters. The van der Waals surface area contributed by atoms with Crippen LogP contribution < -0.4 is 10.6 Å². The van der Waals surface area contributed by atoms with Gasteiger partial charge in [0.05, 0.1) is 23.3 Å². The molecular formula is C31H35F3N6O. The largest absolute Gasteiger partial charge is 0.398 e. The first-order valence-corrected chi connectivity index (χ1v) is 15.0. The molecule has 2 N–H and O–H groups in total. The van der Waals surface area contributed by atoms with Gasteiger partial charge in [-0.05, 0) is 63.1 Å². The van der Waals surface area contributed by atoms with Crippen molar-refractivity contribution in [2.24, 2.45) is 5.41 Å². The van der Waals surface area contributed by atoms with E-state index >= 15 is 0 Å². The van der Waals surface area contributed by atoms with E-state index < -0.39 is 23.1 Å². The molecule has 7 nitrogen and oxygen atoms in total. The highest BCUT2D eigenvalue weighted by Crippen LogP contribution is 2.66. The zero-order valence-electron chi connectivity index (χ0n) is 23.2. The maximum absolute atomic E-state index is 14.4. The Morgan fingerprint density at radius 3 is 2.78 bits per heavy atom. The van der Waals surface area contributed by atoms with Crippen molar-refractivity contribution in [2.45, 2.75) is 94.0 Å². The van der Waals surface area contributed by atoms with Crippen LogP contribution in [0.2, 0.25) is 0 Å². The minimum Gasteiger partial charge on any atom is -0.398 e. The second kappa shape index (κ2) is 8.57. The molecule has 4 fully saturated rings. The number of nitriles is 1. The average molecular weight is 565 g/mol. The van der Waals surface area contributed by atoms with Gasteiger partial charge in [-0.25, -0.2) is 23.1 Å². The van der Waals surface area contributed by atoms with E-state index in [-0.39, 0.29) is 31.7 Å². The van der Waals surface area contributed by atoms with Gasteiger partial charge in [0.15, 0.2) is 0 Å². The first kappa shape index (κ1) is 25.8. The van der Waals surface area contributed by atoms with Gasteiger partial charge in [0.2, 0.25) is 0 Å². The van der Waals surface area contributed by atoms with Crippen LogP contribution in [0.25, 0.3) is 0 Å². The van der Waals surface area contributed by atoms with Crippen molar-refractivity contribution in [3.05, 3.63) is 45.9 Å². The van der Waals surface area contributed by atoms with E-state index in [9.17, 15) is 18.4 Å². The molecular weight excluding hydrogens is 529 g/mol. The van der Waals surface area contributed by atoms with Gasteiger partial charge in [-0.3, -0.25) is 4.90 Å². The summed E-state index contributed by atoms with van der Waals surface area (Å²) in [6, 6.07) is 6.13. The third-order valence-electron chi connectivity index (χ3n) is 11.1. The number of aromatic nitrogens is 2. The van der Waals surface area contributed by atoms with Crippen LogP contribution in [0, 0.1) is 16.7 Å². The maximum atomic E-state index is 14.4. The number of halogens is 3. The molecule has 1 aromatic heterocycles. The minimum absolute atomic E-state index is 0.0614. The van der Waals surface area contributed by atoms with Crippen LogP contribution in [0.5, 0.6) is 0 Å². The van der Waals surface area contributed by atoms with Gasteiger partial charge in [0.25, 0.3) is 5.92 Å². The molecule has 0 radical (unpaired) electrons. The smallest absolute Gasteiger partial charge is 0.258 e. The standard InChI is InChI=1S/C31H35F3N6O/c32-20-11-29(7-2-10-40(29)14-20)9-6-25-37-24-12-30(8-1-3-19-4-5-23(36)21(13-35)26(19)30)41-15-22(24)27(38-25)39-17-28(18-39)16-31(28,33)34/h4-5,20H,1-3,6-12,14-18,36H2. The summed E-state index contributed by atoms with van der Waals surface area (Å²) in [4.78, 5) is 14.3. The Morgan fingerprint density at radius 1 is 1.17 bits per heavy atom. The molecule has 3 unspecified atom stereocenters. The zero-order valence-corrected chi connectivity index (χ0v) is 23.2. The molecule has 2 aliphatic carbocycles. The summed E-state index contributed by atoms with van der Waals surface area (Å²) in [6.07, 6.45) is 6.18. The monoisotopic (exact) mass is 564 g/mol. The van der Waals surface area contributed by atoms with Crippen molar-refractivity contribution < 1.29 is 17.9 Å². The van der Waals surface area contributed by atoms with E-state index in [4.69, 9.17) is 20.4 Å². The van der Waals surface area contributed by atoms with Gasteiger partial charge in [-0.2, -0.15) is 5.26 Å². The van der Waals surface area contributed by atoms with Crippen LogP contribution in [0.1, 0.15) is 78.7 Å². The molecule has 8 rings (SSSR count). The van der Waals surface area contributed by atoms with E-state index in [1.54, 1.807) is 6.07 Å². The van der Waals surface area contributed by atoms with Gasteiger partial charge in [-0.1, -0.05) is 6.07 Å². The Labute approximate surface area is 237 Å². The summed E-state index contributed by atoms with van der Waals surface area (Å²) in [6.45, 7) is 2.26. The highest BCUT2D eigenvalue weighted by molar-refractivity contribution is 5.63. The van der Waals surface area contributed by atoms with E-state index in [1.807, 2.05) is 11.0 Å². The summed E-state index contributed by atoms with van der Waals surface area (Å²) >= 11 is 0. The second-order valence-electron chi connectivity index (χ2n) is 13.5. The molecule has 10 heteroatoms. The first-order valence-electron chi connectivity index (χ1n) is 15.0. The number of nitrogen functional groups attached to an aromatic ring is 1. The number of anilines is 2. The molecule has 3 saturated heterocycles. The number of rotatable bonds is 4. The second-order valence-corrected chi connectivity index (χ2v) is 13.5. The lowest BCUT2D eigenvalue weighted by atomic mass is 9.72. The lowest BCUT2D eigenvalue weighted by Gasteiger charge is -2.45. The summed E-state index contributed by atoms with van der Waals surface area (Å²) in [5.74, 6) is -1.21. The molecule has 2 spiro atoms. The SMILES string of the molecule is N#Cc1c(N)ccc2c1C1(CCC2)Cc2nc(CCC34CCCN3CC(F)C4)nc(N3CC4(C3)CC4(F)F)c2CO1. The Balaban J connectivity index is 1.16. The molecule has 5 heterocycles. The molecule has 0 amide bonds. The zero-order chi connectivity index (χ0) is 28.2. The number of ether oxygens (including phenoxy) is 1. The quantitative estimate of drug-likeness (QED) is 0.544. The predicted molar refractivity (Wildman–Crippen MR) is 146 cm³/mol. The van der Waals surface area contributed by atoms with Crippen molar-refractivity contribution in [3.8, 4) is 6.07 Å². The van der Waals surface area contributed by atoms with E-state index in [1.165, 1.54) is 0 Å². The fourth-order valence-electron chi connectivity index (χ4n) is 8.80. The van der Waals surface area contributed by atoms with Crippen LogP contribution in [0.3, 0.4) is 0 Å². The summed E-state index contributed by atoms with van der Waals surface area (Å²) < 4.78 is 49.3. The molecule has 6 aliphatic rings. The topological polar surface area (TPSA) is 91.3 Å². The normalized spacial score (nSPS) is 32.3. The van der Waals surface area contributed by atoms with Crippen LogP contribution in [-0.2, 0) is 36.2 Å². The lowest BCUT2D eigenvalue weighted by Crippen LogP contribution is -2.53. The third-order valence-corrected chi connectivity index (χ3v) is 11.1. The number of nitrogens with zero attached hydrogens (tertiary/aromatic N) is 5. The summed E-state index contributed by atoms with van der Waals surface area (Å²) in [5, 5.41) is 10.0. The number of fused-ring (bicyclic) bond motifs is 4. The van der Waals surface area contributed by atoms with Crippen molar-refractivity contribution in [1.29, 1.82) is 5.26 Å². The van der Waals surface area contributed by atoms with E-state index in [2.05, 4.69) is 11.0 Å². The summed E-state index contributed by atoms with van der Waals surface area (Å²) in [5.41, 5.74) is 9.10. The van der Waals surface area contributed by atoms with Crippen molar-refractivity contribution in [1.82, 2.24) is 14.9 Å². The van der Waals surface area contributed by atoms with Gasteiger partial charge in [-0.15, -0.1) is 0 Å². The van der Waals surface area contributed by atoms with Crippen LogP contribution >= 0.6 is 0 Å². The first-order chi connectivity index (χ1) is 19.7. The minimum atomic E-state index is -2.60. The number of benzene rings is 1. The number of aryl methyl sites for hydroxylation is 2. The Hall–Kier alpha value is -2.90. The Morgan fingerprint density at radius 2 is 2.00 bits per heavy atom. The molecule has 0 bridgehead atoms. The van der Waals surface area contributed by atoms with Gasteiger partial charge in [0.1, 0.15) is 29.5 Å². The van der Waals surface area contributed by atoms with Crippen molar-refractivity contribution in [3.63, 3.8) is 0 Å². The number of alkyl halides is 3. The Bertz CT molecular complexity index is 1490. The van der Waals surface area contributed by atoms with E-state index in [0.717, 1.165) is 67.5 Å². The molecule has 1 saturated carbocycles. The Kier molecular flexibility index (Phi) is 5.39. The highest BCUT2D eigenvalue weighted by atomic mass is 19.3. The number of nitrogens with two attached hydrogens (primary N) is 1. The summed E-state index contributed by atoms with van der Waals surface area (Å²) in [7, 11) is 0. The van der Waals surface area contributed by atoms with Crippen LogP contribution in [0.4, 0.5) is 24.7 Å². The average Bonchev–Trinajstić information content (AvgIpc) is 3.14. The van der Waals surface area contributed by atoms with Crippen molar-refractivity contribution in [2.75, 3.05) is 36.8 Å². The predicted octanol–water partition coefficient (Wildman–Crippen LogP) is 4.59. The third kappa shape index (κ3) is 3.70. The van der Waals surface area contributed by atoms with Gasteiger partial charge >= 0.3 is 0 Å². The van der Waals surface area contributed by atoms with Gasteiger partial charge < -0.3 is 15.4 Å².